The largest absolute Gasteiger partial charge is 0.465 e. The third-order valence-electron chi connectivity index (χ3n) is 4.85. The number of ether oxygens (including phenoxy) is 1. The number of aliphatic imine (C=N–C) groups is 1. The molecule has 2 heterocycles. The number of hydrogen-bond donors (Lipinski definition) is 2. The van der Waals surface area contributed by atoms with Gasteiger partial charge in [0.1, 0.15) is 17.5 Å². The zero-order valence-corrected chi connectivity index (χ0v) is 16.2. The number of halogens is 2. The molecule has 0 aliphatic carbocycles. The Labute approximate surface area is 160 Å². The third-order valence-corrected chi connectivity index (χ3v) is 5.90. The first-order chi connectivity index (χ1) is 12.6. The summed E-state index contributed by atoms with van der Waals surface area (Å²) in [5.41, 5.74) is 4.15. The van der Waals surface area contributed by atoms with E-state index in [4.69, 9.17) is 10.5 Å². The van der Waals surface area contributed by atoms with Gasteiger partial charge in [-0.15, -0.1) is 0 Å². The van der Waals surface area contributed by atoms with Crippen molar-refractivity contribution < 1.29 is 23.4 Å². The van der Waals surface area contributed by atoms with Crippen LogP contribution in [0.15, 0.2) is 23.2 Å². The van der Waals surface area contributed by atoms with Crippen LogP contribution >= 0.6 is 11.8 Å². The van der Waals surface area contributed by atoms with Gasteiger partial charge in [0.15, 0.2) is 5.17 Å². The van der Waals surface area contributed by atoms with Crippen LogP contribution in [0.1, 0.15) is 26.3 Å². The first kappa shape index (κ1) is 19.9. The molecule has 9 heteroatoms. The van der Waals surface area contributed by atoms with E-state index in [0.29, 0.717) is 5.69 Å². The van der Waals surface area contributed by atoms with E-state index >= 15 is 0 Å². The van der Waals surface area contributed by atoms with Crippen molar-refractivity contribution in [2.45, 2.75) is 38.0 Å². The summed E-state index contributed by atoms with van der Waals surface area (Å²) in [4.78, 5) is 17.6. The molecule has 3 N–H and O–H groups in total. The molecule has 1 saturated heterocycles. The van der Waals surface area contributed by atoms with Gasteiger partial charge in [0.05, 0.1) is 13.2 Å². The lowest BCUT2D eigenvalue weighted by atomic mass is 9.75. The Bertz CT molecular complexity index is 784. The van der Waals surface area contributed by atoms with Gasteiger partial charge in [0, 0.05) is 28.5 Å². The summed E-state index contributed by atoms with van der Waals surface area (Å²) in [7, 11) is 0. The minimum atomic E-state index is -1.36. The average molecular weight is 399 g/mol. The van der Waals surface area contributed by atoms with Crippen LogP contribution in [-0.4, -0.2) is 51.9 Å². The van der Waals surface area contributed by atoms with Crippen LogP contribution in [0.3, 0.4) is 0 Å². The summed E-state index contributed by atoms with van der Waals surface area (Å²) >= 11 is 1.17. The molecule has 0 bridgehead atoms. The van der Waals surface area contributed by atoms with Crippen LogP contribution in [0.2, 0.25) is 0 Å². The highest BCUT2D eigenvalue weighted by Gasteiger charge is 2.53. The predicted octanol–water partition coefficient (Wildman–Crippen LogP) is 3.47. The number of nitrogen functional groups attached to an aromatic ring is 1. The van der Waals surface area contributed by atoms with Gasteiger partial charge < -0.3 is 15.6 Å². The number of alkyl halides is 1. The number of carbonyl (C=O) groups is 1. The standard InChI is InChI=1S/C18H23F2N3O3S/c1-17(2,3)23(16(24)25)15-22-18(11-6-10(21)4-5-13(11)19)9-26-7-14(20)12(18)8-27-15/h4-6,12,14H,7-9,21H2,1-3H3,(H,24,25)/t12-,14-,18-/m1/s1. The highest BCUT2D eigenvalue weighted by Crippen LogP contribution is 2.47. The number of fused-ring (bicyclic) bond motifs is 1. The summed E-state index contributed by atoms with van der Waals surface area (Å²) < 4.78 is 34.9. The van der Waals surface area contributed by atoms with E-state index in [1.54, 1.807) is 20.8 Å². The molecule has 1 fully saturated rings. The van der Waals surface area contributed by atoms with Crippen molar-refractivity contribution in [3.05, 3.63) is 29.6 Å². The van der Waals surface area contributed by atoms with Crippen LogP contribution in [-0.2, 0) is 10.3 Å². The Morgan fingerprint density at radius 3 is 2.81 bits per heavy atom. The Kier molecular flexibility index (Phi) is 5.11. The molecular formula is C18H23F2N3O3S. The van der Waals surface area contributed by atoms with Gasteiger partial charge in [-0.2, -0.15) is 0 Å². The highest BCUT2D eigenvalue weighted by atomic mass is 32.2. The molecule has 0 aromatic heterocycles. The van der Waals surface area contributed by atoms with Crippen molar-refractivity contribution >= 4 is 28.7 Å². The summed E-state index contributed by atoms with van der Waals surface area (Å²) in [5, 5.41) is 9.89. The van der Waals surface area contributed by atoms with E-state index in [2.05, 4.69) is 4.99 Å². The highest BCUT2D eigenvalue weighted by molar-refractivity contribution is 8.13. The van der Waals surface area contributed by atoms with Crippen molar-refractivity contribution in [2.24, 2.45) is 10.9 Å². The van der Waals surface area contributed by atoms with E-state index in [9.17, 15) is 18.7 Å². The van der Waals surface area contributed by atoms with Gasteiger partial charge >= 0.3 is 6.09 Å². The number of benzene rings is 1. The maximum absolute atomic E-state index is 14.7. The first-order valence-electron chi connectivity index (χ1n) is 8.59. The summed E-state index contributed by atoms with van der Waals surface area (Å²) in [6.45, 7) is 5.07. The number of thioether (sulfide) groups is 1. The molecule has 0 unspecified atom stereocenters. The number of nitrogens with zero attached hydrogens (tertiary/aromatic N) is 2. The molecule has 1 aromatic rings. The number of carboxylic acid groups (broad SMARTS) is 1. The predicted molar refractivity (Wildman–Crippen MR) is 101 cm³/mol. The molecule has 2 aliphatic heterocycles. The molecule has 1 amide bonds. The number of amidine groups is 1. The topological polar surface area (TPSA) is 88.2 Å². The molecule has 1 aromatic carbocycles. The molecule has 6 nitrogen and oxygen atoms in total. The smallest absolute Gasteiger partial charge is 0.413 e. The van der Waals surface area contributed by atoms with Crippen LogP contribution < -0.4 is 5.73 Å². The maximum Gasteiger partial charge on any atom is 0.413 e. The number of anilines is 1. The maximum atomic E-state index is 14.7. The lowest BCUT2D eigenvalue weighted by molar-refractivity contribution is -0.0531. The first-order valence-corrected chi connectivity index (χ1v) is 9.58. The Morgan fingerprint density at radius 2 is 2.19 bits per heavy atom. The lowest BCUT2D eigenvalue weighted by Gasteiger charge is -2.47. The van der Waals surface area contributed by atoms with Crippen molar-refractivity contribution in [1.82, 2.24) is 4.90 Å². The second-order valence-corrected chi connectivity index (χ2v) is 8.78. The second kappa shape index (κ2) is 6.94. The molecular weight excluding hydrogens is 376 g/mol. The van der Waals surface area contributed by atoms with Crippen molar-refractivity contribution in [3.63, 3.8) is 0 Å². The van der Waals surface area contributed by atoms with Gasteiger partial charge in [-0.1, -0.05) is 11.8 Å². The minimum Gasteiger partial charge on any atom is -0.465 e. The number of nitrogens with two attached hydrogens (primary N) is 1. The van der Waals surface area contributed by atoms with E-state index < -0.39 is 35.1 Å². The number of amides is 1. The molecule has 27 heavy (non-hydrogen) atoms. The van der Waals surface area contributed by atoms with Gasteiger partial charge in [0.2, 0.25) is 0 Å². The zero-order valence-electron chi connectivity index (χ0n) is 15.4. The van der Waals surface area contributed by atoms with Crippen LogP contribution in [0.25, 0.3) is 0 Å². The SMILES string of the molecule is CC(C)(C)N(C(=O)O)C1=N[C@@]2(c3cc(N)ccc3F)COC[C@@H](F)[C@H]2CS1. The van der Waals surface area contributed by atoms with Crippen LogP contribution in [0.4, 0.5) is 19.3 Å². The molecule has 0 saturated carbocycles. The van der Waals surface area contributed by atoms with Crippen molar-refractivity contribution in [2.75, 3.05) is 24.7 Å². The van der Waals surface area contributed by atoms with Crippen molar-refractivity contribution in [1.29, 1.82) is 0 Å². The van der Waals surface area contributed by atoms with Gasteiger partial charge in [-0.05, 0) is 39.0 Å². The fourth-order valence-electron chi connectivity index (χ4n) is 3.56. The van der Waals surface area contributed by atoms with Crippen LogP contribution in [0, 0.1) is 11.7 Å². The lowest BCUT2D eigenvalue weighted by Crippen LogP contribution is -2.56. The quantitative estimate of drug-likeness (QED) is 0.706. The van der Waals surface area contributed by atoms with Crippen LogP contribution in [0.5, 0.6) is 0 Å². The Morgan fingerprint density at radius 1 is 1.48 bits per heavy atom. The number of hydrogen-bond acceptors (Lipinski definition) is 5. The molecule has 3 atom stereocenters. The summed E-state index contributed by atoms with van der Waals surface area (Å²) in [5.74, 6) is -0.955. The Balaban J connectivity index is 2.21. The molecule has 148 valence electrons. The molecule has 2 aliphatic rings. The fraction of sp³-hybridized carbons (Fsp3) is 0.556. The molecule has 3 rings (SSSR count). The minimum absolute atomic E-state index is 0.0415. The number of rotatable bonds is 1. The van der Waals surface area contributed by atoms with Gasteiger partial charge in [-0.25, -0.2) is 18.6 Å². The van der Waals surface area contributed by atoms with Gasteiger partial charge in [-0.3, -0.25) is 4.90 Å². The van der Waals surface area contributed by atoms with Gasteiger partial charge in [0.25, 0.3) is 0 Å². The van der Waals surface area contributed by atoms with E-state index in [1.165, 1.54) is 30.0 Å². The zero-order chi connectivity index (χ0) is 20.0. The van der Waals surface area contributed by atoms with E-state index in [0.717, 1.165) is 4.90 Å². The normalized spacial score (nSPS) is 28.3. The summed E-state index contributed by atoms with van der Waals surface area (Å²) in [6, 6.07) is 4.07. The van der Waals surface area contributed by atoms with Crippen molar-refractivity contribution in [3.8, 4) is 0 Å². The second-order valence-electron chi connectivity index (χ2n) is 7.80. The third kappa shape index (κ3) is 3.50. The molecule has 0 spiro atoms. The summed E-state index contributed by atoms with van der Waals surface area (Å²) in [6.07, 6.45) is -2.52. The van der Waals surface area contributed by atoms with E-state index in [-0.39, 0.29) is 29.7 Å². The fourth-order valence-corrected chi connectivity index (χ4v) is 5.08. The monoisotopic (exact) mass is 399 g/mol. The molecule has 0 radical (unpaired) electrons. The average Bonchev–Trinajstić information content (AvgIpc) is 2.55. The Hall–Kier alpha value is -1.87. The van der Waals surface area contributed by atoms with E-state index in [1.807, 2.05) is 0 Å².